The highest BCUT2D eigenvalue weighted by Crippen LogP contribution is 2.30. The van der Waals surface area contributed by atoms with E-state index in [9.17, 15) is 4.79 Å². The first-order valence-electron chi connectivity index (χ1n) is 8.62. The minimum atomic E-state index is 0.0445. The second-order valence-corrected chi connectivity index (χ2v) is 6.62. The maximum absolute atomic E-state index is 12.7. The normalized spacial score (nSPS) is 24.0. The maximum Gasteiger partial charge on any atom is 0.283 e. The Kier molecular flexibility index (Phi) is 4.54. The number of nitrogens with zero attached hydrogens (tertiary/aromatic N) is 4. The predicted molar refractivity (Wildman–Crippen MR) is 87.4 cm³/mol. The molecule has 3 aliphatic heterocycles. The van der Waals surface area contributed by atoms with Crippen LogP contribution in [0.3, 0.4) is 0 Å². The Morgan fingerprint density at radius 2 is 2.24 bits per heavy atom. The molecule has 8 heteroatoms. The van der Waals surface area contributed by atoms with Gasteiger partial charge in [0, 0.05) is 32.8 Å². The lowest BCUT2D eigenvalue weighted by Gasteiger charge is -2.35. The van der Waals surface area contributed by atoms with Crippen LogP contribution >= 0.6 is 0 Å². The van der Waals surface area contributed by atoms with Crippen molar-refractivity contribution in [1.29, 1.82) is 0 Å². The summed E-state index contributed by atoms with van der Waals surface area (Å²) in [5.74, 6) is 1.79. The average molecular weight is 346 g/mol. The van der Waals surface area contributed by atoms with Gasteiger partial charge in [0.25, 0.3) is 5.89 Å². The van der Waals surface area contributed by atoms with Gasteiger partial charge in [0.1, 0.15) is 0 Å². The molecule has 2 bridgehead atoms. The fourth-order valence-electron chi connectivity index (χ4n) is 3.75. The molecule has 3 saturated heterocycles. The molecule has 3 aliphatic rings. The highest BCUT2D eigenvalue weighted by atomic mass is 16.5. The van der Waals surface area contributed by atoms with Crippen LogP contribution < -0.4 is 0 Å². The number of carbonyl (C=O) groups excluding carboxylic acids is 1. The van der Waals surface area contributed by atoms with E-state index in [2.05, 4.69) is 15.1 Å². The molecule has 0 N–H and O–H groups in total. The van der Waals surface area contributed by atoms with Crippen molar-refractivity contribution in [1.82, 2.24) is 20.0 Å². The minimum Gasteiger partial charge on any atom is -0.459 e. The van der Waals surface area contributed by atoms with Gasteiger partial charge in [-0.05, 0) is 25.0 Å². The molecule has 8 nitrogen and oxygen atoms in total. The Balaban J connectivity index is 1.45. The van der Waals surface area contributed by atoms with Crippen molar-refractivity contribution < 1.29 is 18.4 Å². The van der Waals surface area contributed by atoms with Gasteiger partial charge in [0.2, 0.25) is 11.8 Å². The van der Waals surface area contributed by atoms with Gasteiger partial charge in [0.15, 0.2) is 5.76 Å². The molecule has 134 valence electrons. The van der Waals surface area contributed by atoms with Crippen LogP contribution in [0.1, 0.15) is 18.7 Å². The van der Waals surface area contributed by atoms with Crippen molar-refractivity contribution in [2.45, 2.75) is 25.4 Å². The average Bonchev–Trinajstić information content (AvgIpc) is 3.22. The zero-order chi connectivity index (χ0) is 17.2. The summed E-state index contributed by atoms with van der Waals surface area (Å²) in [7, 11) is 1.67. The lowest BCUT2D eigenvalue weighted by atomic mass is 9.94. The molecule has 5 rings (SSSR count). The third-order valence-electron chi connectivity index (χ3n) is 4.96. The van der Waals surface area contributed by atoms with Gasteiger partial charge in [-0.1, -0.05) is 0 Å². The lowest BCUT2D eigenvalue weighted by Crippen LogP contribution is -2.49. The van der Waals surface area contributed by atoms with Crippen molar-refractivity contribution in [3.05, 3.63) is 24.3 Å². The van der Waals surface area contributed by atoms with Crippen LogP contribution in [-0.4, -0.2) is 65.3 Å². The van der Waals surface area contributed by atoms with Crippen LogP contribution in [-0.2, 0) is 16.1 Å². The van der Waals surface area contributed by atoms with Gasteiger partial charge in [-0.25, -0.2) is 0 Å². The molecular formula is C17H22N4O4. The summed E-state index contributed by atoms with van der Waals surface area (Å²) in [5, 5.41) is 8.16. The monoisotopic (exact) mass is 346 g/mol. The molecule has 2 aromatic rings. The third kappa shape index (κ3) is 3.32. The molecule has 0 saturated carbocycles. The number of rotatable bonds is 6. The Morgan fingerprint density at radius 3 is 3.04 bits per heavy atom. The third-order valence-corrected chi connectivity index (χ3v) is 4.96. The predicted octanol–water partition coefficient (Wildman–Crippen LogP) is 1.40. The van der Waals surface area contributed by atoms with Crippen LogP contribution in [0, 0.1) is 5.92 Å². The quantitative estimate of drug-likeness (QED) is 0.781. The van der Waals surface area contributed by atoms with Crippen LogP contribution in [0.2, 0.25) is 0 Å². The molecule has 1 amide bonds. The van der Waals surface area contributed by atoms with Crippen molar-refractivity contribution in [2.24, 2.45) is 5.92 Å². The van der Waals surface area contributed by atoms with Gasteiger partial charge >= 0.3 is 0 Å². The van der Waals surface area contributed by atoms with Gasteiger partial charge in [-0.15, -0.1) is 10.2 Å². The fourth-order valence-corrected chi connectivity index (χ4v) is 3.75. The number of fused-ring (bicyclic) bond motifs is 4. The van der Waals surface area contributed by atoms with Crippen molar-refractivity contribution in [3.63, 3.8) is 0 Å². The smallest absolute Gasteiger partial charge is 0.283 e. The van der Waals surface area contributed by atoms with E-state index in [1.165, 1.54) is 0 Å². The molecule has 25 heavy (non-hydrogen) atoms. The Bertz CT molecular complexity index is 714. The number of hydrogen-bond donors (Lipinski definition) is 0. The summed E-state index contributed by atoms with van der Waals surface area (Å²) < 4.78 is 16.1. The standard InChI is InChI=1S/C17H22N4O4/c1-23-8-6-21-13-5-4-12(17(21)22)9-20(10-13)11-15-18-19-16(25-15)14-3-2-7-24-14/h2-3,7,12-13H,4-6,8-11H2,1H3/t12-,13+/m0/s1. The molecule has 0 radical (unpaired) electrons. The number of carbonyl (C=O) groups is 1. The molecule has 0 spiro atoms. The van der Waals surface area contributed by atoms with E-state index in [1.807, 2.05) is 4.90 Å². The van der Waals surface area contributed by atoms with E-state index in [0.29, 0.717) is 37.2 Å². The highest BCUT2D eigenvalue weighted by Gasteiger charge is 2.40. The van der Waals surface area contributed by atoms with Crippen molar-refractivity contribution in [3.8, 4) is 11.7 Å². The van der Waals surface area contributed by atoms with Crippen LogP contribution in [0.5, 0.6) is 0 Å². The summed E-state index contributed by atoms with van der Waals surface area (Å²) >= 11 is 0. The van der Waals surface area contributed by atoms with Crippen LogP contribution in [0.4, 0.5) is 0 Å². The van der Waals surface area contributed by atoms with E-state index >= 15 is 0 Å². The maximum atomic E-state index is 12.7. The highest BCUT2D eigenvalue weighted by molar-refractivity contribution is 5.80. The molecule has 0 unspecified atom stereocenters. The molecule has 2 aromatic heterocycles. The molecule has 3 fully saturated rings. The Hall–Kier alpha value is -2.19. The fraction of sp³-hybridized carbons (Fsp3) is 0.588. The number of furan rings is 1. The molecule has 5 heterocycles. The van der Waals surface area contributed by atoms with Crippen LogP contribution in [0.25, 0.3) is 11.7 Å². The van der Waals surface area contributed by atoms with E-state index in [4.69, 9.17) is 13.6 Å². The molecular weight excluding hydrogens is 324 g/mol. The summed E-state index contributed by atoms with van der Waals surface area (Å²) in [6.07, 6.45) is 3.56. The summed E-state index contributed by atoms with van der Waals surface area (Å²) in [5.41, 5.74) is 0. The number of methoxy groups -OCH3 is 1. The number of ether oxygens (including phenoxy) is 1. The second-order valence-electron chi connectivity index (χ2n) is 6.62. The van der Waals surface area contributed by atoms with Crippen molar-refractivity contribution in [2.75, 3.05) is 33.4 Å². The van der Waals surface area contributed by atoms with Gasteiger partial charge in [-0.2, -0.15) is 0 Å². The summed E-state index contributed by atoms with van der Waals surface area (Å²) in [6.45, 7) is 3.34. The topological polar surface area (TPSA) is 84.8 Å². The molecule has 0 aliphatic carbocycles. The summed E-state index contributed by atoms with van der Waals surface area (Å²) in [6, 6.07) is 3.80. The first-order chi connectivity index (χ1) is 12.2. The number of piperidine rings is 1. The van der Waals surface area contributed by atoms with E-state index in [-0.39, 0.29) is 17.9 Å². The Labute approximate surface area is 145 Å². The van der Waals surface area contributed by atoms with Crippen LogP contribution in [0.15, 0.2) is 27.2 Å². The zero-order valence-electron chi connectivity index (χ0n) is 14.3. The molecule has 0 aromatic carbocycles. The van der Waals surface area contributed by atoms with Gasteiger partial charge in [-0.3, -0.25) is 9.69 Å². The van der Waals surface area contributed by atoms with Gasteiger partial charge in [0.05, 0.1) is 25.3 Å². The zero-order valence-corrected chi connectivity index (χ0v) is 14.3. The number of amides is 1. The van der Waals surface area contributed by atoms with E-state index < -0.39 is 0 Å². The lowest BCUT2D eigenvalue weighted by molar-refractivity contribution is -0.140. The van der Waals surface area contributed by atoms with E-state index in [1.54, 1.807) is 25.5 Å². The Morgan fingerprint density at radius 1 is 1.32 bits per heavy atom. The second kappa shape index (κ2) is 6.97. The SMILES string of the molecule is COCCN1C(=O)[C@H]2CC[C@@H]1CN(Cc1nnc(-c3ccco3)o1)C2. The molecule has 2 atom stereocenters. The summed E-state index contributed by atoms with van der Waals surface area (Å²) in [4.78, 5) is 16.9. The largest absolute Gasteiger partial charge is 0.459 e. The first kappa shape index (κ1) is 16.3. The van der Waals surface area contributed by atoms with Crippen molar-refractivity contribution >= 4 is 5.91 Å². The van der Waals surface area contributed by atoms with Gasteiger partial charge < -0.3 is 18.5 Å². The number of aromatic nitrogens is 2. The van der Waals surface area contributed by atoms with E-state index in [0.717, 1.165) is 25.9 Å². The first-order valence-corrected chi connectivity index (χ1v) is 8.62. The minimum absolute atomic E-state index is 0.0445. The number of hydrogen-bond acceptors (Lipinski definition) is 7.